The van der Waals surface area contributed by atoms with Gasteiger partial charge in [0.1, 0.15) is 0 Å². The largest absolute Gasteiger partial charge is 0.271 e. The fourth-order valence-electron chi connectivity index (χ4n) is 2.80. The summed E-state index contributed by atoms with van der Waals surface area (Å²) in [6, 6.07) is 2.48. The highest BCUT2D eigenvalue weighted by Gasteiger charge is 2.30. The van der Waals surface area contributed by atoms with Crippen molar-refractivity contribution in [2.24, 2.45) is 5.84 Å². The Labute approximate surface area is 123 Å². The molecule has 1 aliphatic carbocycles. The number of hydrazine groups is 1. The molecule has 0 saturated carbocycles. The van der Waals surface area contributed by atoms with E-state index >= 15 is 0 Å². The van der Waals surface area contributed by atoms with Crippen molar-refractivity contribution < 1.29 is 0 Å². The SMILES string of the molecule is NNC(c1cscc1Br)C1CCCc2sccc21. The first-order chi connectivity index (χ1) is 8.81. The molecule has 2 aromatic rings. The van der Waals surface area contributed by atoms with E-state index in [0.29, 0.717) is 5.92 Å². The van der Waals surface area contributed by atoms with Crippen LogP contribution in [0.4, 0.5) is 0 Å². The maximum atomic E-state index is 5.83. The number of thiophene rings is 2. The molecule has 2 heterocycles. The summed E-state index contributed by atoms with van der Waals surface area (Å²) in [6.45, 7) is 0. The normalized spacial score (nSPS) is 20.7. The number of halogens is 1. The van der Waals surface area contributed by atoms with Gasteiger partial charge in [0.05, 0.1) is 6.04 Å². The molecule has 0 aliphatic heterocycles. The first-order valence-corrected chi connectivity index (χ1v) is 8.66. The van der Waals surface area contributed by atoms with E-state index in [2.05, 4.69) is 43.6 Å². The van der Waals surface area contributed by atoms with E-state index in [1.807, 2.05) is 11.3 Å². The van der Waals surface area contributed by atoms with E-state index in [4.69, 9.17) is 5.84 Å². The molecule has 5 heteroatoms. The molecule has 0 aromatic carbocycles. The number of nitrogens with one attached hydrogen (secondary N) is 1. The van der Waals surface area contributed by atoms with Crippen LogP contribution in [0.2, 0.25) is 0 Å². The number of hydrogen-bond donors (Lipinski definition) is 2. The summed E-state index contributed by atoms with van der Waals surface area (Å²) in [5.74, 6) is 6.32. The molecule has 96 valence electrons. The summed E-state index contributed by atoms with van der Waals surface area (Å²) in [4.78, 5) is 1.54. The van der Waals surface area contributed by atoms with Gasteiger partial charge in [0.15, 0.2) is 0 Å². The molecule has 2 aromatic heterocycles. The lowest BCUT2D eigenvalue weighted by Crippen LogP contribution is -2.33. The Kier molecular flexibility index (Phi) is 3.86. The zero-order chi connectivity index (χ0) is 12.5. The van der Waals surface area contributed by atoms with Crippen molar-refractivity contribution in [2.75, 3.05) is 0 Å². The lowest BCUT2D eigenvalue weighted by molar-refractivity contribution is 0.410. The minimum Gasteiger partial charge on any atom is -0.271 e. The summed E-state index contributed by atoms with van der Waals surface area (Å²) in [7, 11) is 0. The van der Waals surface area contributed by atoms with Gasteiger partial charge in [0.2, 0.25) is 0 Å². The monoisotopic (exact) mass is 342 g/mol. The summed E-state index contributed by atoms with van der Waals surface area (Å²) >= 11 is 7.22. The molecule has 3 N–H and O–H groups in total. The van der Waals surface area contributed by atoms with Gasteiger partial charge in [-0.1, -0.05) is 0 Å². The van der Waals surface area contributed by atoms with Crippen LogP contribution in [-0.2, 0) is 6.42 Å². The molecule has 2 nitrogen and oxygen atoms in total. The molecule has 1 aliphatic rings. The van der Waals surface area contributed by atoms with Gasteiger partial charge in [0.25, 0.3) is 0 Å². The zero-order valence-corrected chi connectivity index (χ0v) is 13.1. The predicted octanol–water partition coefficient (Wildman–Crippen LogP) is 4.20. The maximum absolute atomic E-state index is 5.83. The second-order valence-electron chi connectivity index (χ2n) is 4.62. The van der Waals surface area contributed by atoms with Gasteiger partial charge in [0, 0.05) is 20.6 Å². The average molecular weight is 343 g/mol. The fraction of sp³-hybridized carbons (Fsp3) is 0.385. The van der Waals surface area contributed by atoms with Crippen molar-refractivity contribution in [1.29, 1.82) is 0 Å². The van der Waals surface area contributed by atoms with E-state index in [-0.39, 0.29) is 6.04 Å². The molecule has 2 atom stereocenters. The lowest BCUT2D eigenvalue weighted by atomic mass is 9.81. The van der Waals surface area contributed by atoms with Crippen LogP contribution in [0.3, 0.4) is 0 Å². The van der Waals surface area contributed by atoms with Gasteiger partial charge >= 0.3 is 0 Å². The van der Waals surface area contributed by atoms with E-state index in [1.165, 1.54) is 35.3 Å². The van der Waals surface area contributed by atoms with Crippen LogP contribution in [0.25, 0.3) is 0 Å². The molecule has 0 amide bonds. The van der Waals surface area contributed by atoms with E-state index in [9.17, 15) is 0 Å². The van der Waals surface area contributed by atoms with Crippen molar-refractivity contribution in [3.8, 4) is 0 Å². The number of nitrogens with two attached hydrogens (primary N) is 1. The molecule has 0 fully saturated rings. The summed E-state index contributed by atoms with van der Waals surface area (Å²) in [5, 5.41) is 6.52. The Balaban J connectivity index is 1.97. The molecule has 3 rings (SSSR count). The molecule has 0 bridgehead atoms. The summed E-state index contributed by atoms with van der Waals surface area (Å²) in [5.41, 5.74) is 5.80. The summed E-state index contributed by atoms with van der Waals surface area (Å²) in [6.07, 6.45) is 3.70. The van der Waals surface area contributed by atoms with Crippen molar-refractivity contribution in [3.63, 3.8) is 0 Å². The smallest absolute Gasteiger partial charge is 0.0548 e. The van der Waals surface area contributed by atoms with Crippen LogP contribution in [0.15, 0.2) is 26.7 Å². The van der Waals surface area contributed by atoms with Gasteiger partial charge in [-0.15, -0.1) is 11.3 Å². The minimum atomic E-state index is 0.208. The Morgan fingerprint density at radius 1 is 1.44 bits per heavy atom. The van der Waals surface area contributed by atoms with Gasteiger partial charge < -0.3 is 0 Å². The highest BCUT2D eigenvalue weighted by atomic mass is 79.9. The minimum absolute atomic E-state index is 0.208. The van der Waals surface area contributed by atoms with Crippen LogP contribution >= 0.6 is 38.6 Å². The van der Waals surface area contributed by atoms with Crippen LogP contribution in [-0.4, -0.2) is 0 Å². The van der Waals surface area contributed by atoms with Crippen LogP contribution < -0.4 is 11.3 Å². The molecule has 0 saturated heterocycles. The molecular formula is C13H15BrN2S2. The lowest BCUT2D eigenvalue weighted by Gasteiger charge is -2.30. The van der Waals surface area contributed by atoms with Crippen molar-refractivity contribution in [3.05, 3.63) is 42.7 Å². The molecule has 0 spiro atoms. The highest BCUT2D eigenvalue weighted by Crippen LogP contribution is 2.44. The quantitative estimate of drug-likeness (QED) is 0.648. The van der Waals surface area contributed by atoms with Crippen molar-refractivity contribution >= 4 is 38.6 Å². The number of hydrogen-bond acceptors (Lipinski definition) is 4. The van der Waals surface area contributed by atoms with Crippen LogP contribution in [0.1, 0.15) is 40.8 Å². The fourth-order valence-corrected chi connectivity index (χ4v) is 5.38. The first-order valence-electron chi connectivity index (χ1n) is 6.05. The van der Waals surface area contributed by atoms with Gasteiger partial charge in [-0.3, -0.25) is 11.3 Å². The van der Waals surface area contributed by atoms with Gasteiger partial charge in [-0.2, -0.15) is 11.3 Å². The van der Waals surface area contributed by atoms with E-state index in [1.54, 1.807) is 11.3 Å². The Morgan fingerprint density at radius 3 is 3.06 bits per heavy atom. The van der Waals surface area contributed by atoms with Gasteiger partial charge in [-0.05, 0) is 63.1 Å². The molecule has 2 unspecified atom stereocenters. The number of aryl methyl sites for hydroxylation is 1. The third kappa shape index (κ3) is 2.18. The molecule has 0 radical (unpaired) electrons. The summed E-state index contributed by atoms with van der Waals surface area (Å²) < 4.78 is 1.16. The van der Waals surface area contributed by atoms with Crippen LogP contribution in [0, 0.1) is 0 Å². The second kappa shape index (κ2) is 5.43. The van der Waals surface area contributed by atoms with Crippen LogP contribution in [0.5, 0.6) is 0 Å². The third-order valence-corrected chi connectivity index (χ3v) is 6.41. The standard InChI is InChI=1S/C13H15BrN2S2/c14-11-7-17-6-10(11)13(16-15)9-2-1-3-12-8(9)4-5-18-12/h4-7,9,13,16H,1-3,15H2. The Morgan fingerprint density at radius 2 is 2.33 bits per heavy atom. The Bertz CT molecular complexity index is 535. The van der Waals surface area contributed by atoms with Crippen molar-refractivity contribution in [2.45, 2.75) is 31.2 Å². The van der Waals surface area contributed by atoms with E-state index < -0.39 is 0 Å². The van der Waals surface area contributed by atoms with Crippen molar-refractivity contribution in [1.82, 2.24) is 5.43 Å². The third-order valence-electron chi connectivity index (χ3n) is 3.66. The highest BCUT2D eigenvalue weighted by molar-refractivity contribution is 9.10. The topological polar surface area (TPSA) is 38.0 Å². The number of fused-ring (bicyclic) bond motifs is 1. The number of rotatable bonds is 3. The average Bonchev–Trinajstić information content (AvgIpc) is 3.00. The zero-order valence-electron chi connectivity index (χ0n) is 9.86. The second-order valence-corrected chi connectivity index (χ2v) is 7.22. The van der Waals surface area contributed by atoms with E-state index in [0.717, 1.165) is 4.47 Å². The first kappa shape index (κ1) is 12.8. The van der Waals surface area contributed by atoms with Gasteiger partial charge in [-0.25, -0.2) is 0 Å². The molecular weight excluding hydrogens is 328 g/mol. The Hall–Kier alpha value is -0.200. The molecule has 18 heavy (non-hydrogen) atoms. The predicted molar refractivity (Wildman–Crippen MR) is 82.1 cm³/mol. The maximum Gasteiger partial charge on any atom is 0.0548 e.